The van der Waals surface area contributed by atoms with Crippen LogP contribution in [0.4, 0.5) is 4.39 Å². The van der Waals surface area contributed by atoms with E-state index in [1.54, 1.807) is 6.07 Å². The lowest BCUT2D eigenvalue weighted by Crippen LogP contribution is -2.32. The molecular formula is C14H23FN2. The predicted octanol–water partition coefficient (Wildman–Crippen LogP) is 2.65. The topological polar surface area (TPSA) is 15.3 Å². The molecule has 0 amide bonds. The van der Waals surface area contributed by atoms with Gasteiger partial charge in [-0.25, -0.2) is 4.39 Å². The summed E-state index contributed by atoms with van der Waals surface area (Å²) in [6, 6.07) is 3.70. The van der Waals surface area contributed by atoms with E-state index in [0.29, 0.717) is 0 Å². The molecular weight excluding hydrogens is 215 g/mol. The van der Waals surface area contributed by atoms with Crippen molar-refractivity contribution in [1.29, 1.82) is 0 Å². The fourth-order valence-electron chi connectivity index (χ4n) is 2.24. The van der Waals surface area contributed by atoms with Crippen LogP contribution in [0.5, 0.6) is 0 Å². The zero-order valence-corrected chi connectivity index (χ0v) is 11.5. The smallest absolute Gasteiger partial charge is 0.128 e. The van der Waals surface area contributed by atoms with Crippen LogP contribution in [0.2, 0.25) is 0 Å². The van der Waals surface area contributed by atoms with Gasteiger partial charge in [0, 0.05) is 18.2 Å². The first-order valence-electron chi connectivity index (χ1n) is 6.10. The summed E-state index contributed by atoms with van der Waals surface area (Å²) < 4.78 is 14.1. The molecule has 0 bridgehead atoms. The molecule has 1 aromatic carbocycles. The van der Waals surface area contributed by atoms with E-state index in [-0.39, 0.29) is 11.9 Å². The molecule has 0 aliphatic carbocycles. The van der Waals surface area contributed by atoms with Crippen molar-refractivity contribution in [2.75, 3.05) is 27.2 Å². The van der Waals surface area contributed by atoms with Crippen molar-refractivity contribution in [3.63, 3.8) is 0 Å². The standard InChI is InChI=1S/C14H23FN2/c1-6-16-13(9-17(4)5)14-11(3)7-10(2)8-12(14)15/h7-8,13,16H,6,9H2,1-5H3. The first-order valence-corrected chi connectivity index (χ1v) is 6.10. The molecule has 0 aliphatic rings. The van der Waals surface area contributed by atoms with Gasteiger partial charge < -0.3 is 10.2 Å². The molecule has 2 nitrogen and oxygen atoms in total. The minimum Gasteiger partial charge on any atom is -0.309 e. The van der Waals surface area contributed by atoms with Gasteiger partial charge in [0.1, 0.15) is 5.82 Å². The molecule has 96 valence electrons. The molecule has 0 heterocycles. The molecule has 0 spiro atoms. The maximum Gasteiger partial charge on any atom is 0.128 e. The molecule has 17 heavy (non-hydrogen) atoms. The van der Waals surface area contributed by atoms with Gasteiger partial charge >= 0.3 is 0 Å². The fourth-order valence-corrected chi connectivity index (χ4v) is 2.24. The lowest BCUT2D eigenvalue weighted by atomic mass is 9.98. The second-order valence-corrected chi connectivity index (χ2v) is 4.85. The zero-order valence-electron chi connectivity index (χ0n) is 11.5. The van der Waals surface area contributed by atoms with Crippen molar-refractivity contribution in [3.8, 4) is 0 Å². The van der Waals surface area contributed by atoms with E-state index in [0.717, 1.165) is 29.8 Å². The number of nitrogens with one attached hydrogen (secondary N) is 1. The molecule has 1 atom stereocenters. The van der Waals surface area contributed by atoms with Crippen LogP contribution in [0.3, 0.4) is 0 Å². The Hall–Kier alpha value is -0.930. The molecule has 0 saturated heterocycles. The summed E-state index contributed by atoms with van der Waals surface area (Å²) in [6.45, 7) is 7.59. The highest BCUT2D eigenvalue weighted by Crippen LogP contribution is 2.23. The molecule has 0 aromatic heterocycles. The predicted molar refractivity (Wildman–Crippen MR) is 70.8 cm³/mol. The summed E-state index contributed by atoms with van der Waals surface area (Å²) in [5.41, 5.74) is 2.80. The third-order valence-electron chi connectivity index (χ3n) is 2.83. The molecule has 1 rings (SSSR count). The number of aryl methyl sites for hydroxylation is 2. The number of halogens is 1. The molecule has 1 N–H and O–H groups in total. The third kappa shape index (κ3) is 3.79. The van der Waals surface area contributed by atoms with E-state index in [9.17, 15) is 4.39 Å². The summed E-state index contributed by atoms with van der Waals surface area (Å²) in [5, 5.41) is 3.35. The number of hydrogen-bond acceptors (Lipinski definition) is 2. The Labute approximate surface area is 104 Å². The Morgan fingerprint density at radius 3 is 2.41 bits per heavy atom. The van der Waals surface area contributed by atoms with E-state index < -0.39 is 0 Å². The van der Waals surface area contributed by atoms with Gasteiger partial charge in [-0.05, 0) is 51.7 Å². The highest BCUT2D eigenvalue weighted by molar-refractivity contribution is 5.34. The van der Waals surface area contributed by atoms with Crippen molar-refractivity contribution in [2.24, 2.45) is 0 Å². The highest BCUT2D eigenvalue weighted by atomic mass is 19.1. The van der Waals surface area contributed by atoms with Gasteiger partial charge in [0.25, 0.3) is 0 Å². The van der Waals surface area contributed by atoms with Crippen LogP contribution >= 0.6 is 0 Å². The molecule has 0 radical (unpaired) electrons. The quantitative estimate of drug-likeness (QED) is 0.848. The summed E-state index contributed by atoms with van der Waals surface area (Å²) in [4.78, 5) is 2.08. The summed E-state index contributed by atoms with van der Waals surface area (Å²) in [6.07, 6.45) is 0. The van der Waals surface area contributed by atoms with Crippen molar-refractivity contribution in [3.05, 3.63) is 34.6 Å². The van der Waals surface area contributed by atoms with Crippen molar-refractivity contribution < 1.29 is 4.39 Å². The van der Waals surface area contributed by atoms with Crippen LogP contribution in [0, 0.1) is 19.7 Å². The van der Waals surface area contributed by atoms with Crippen molar-refractivity contribution in [2.45, 2.75) is 26.8 Å². The Bertz CT molecular complexity index is 351. The van der Waals surface area contributed by atoms with Gasteiger partial charge in [-0.2, -0.15) is 0 Å². The SMILES string of the molecule is CCNC(CN(C)C)c1c(C)cc(C)cc1F. The summed E-state index contributed by atoms with van der Waals surface area (Å²) in [5.74, 6) is -0.102. The molecule has 0 fully saturated rings. The van der Waals surface area contributed by atoms with Crippen LogP contribution < -0.4 is 5.32 Å². The van der Waals surface area contributed by atoms with Crippen LogP contribution in [-0.4, -0.2) is 32.1 Å². The van der Waals surface area contributed by atoms with Gasteiger partial charge in [-0.3, -0.25) is 0 Å². The molecule has 3 heteroatoms. The van der Waals surface area contributed by atoms with Gasteiger partial charge in [0.2, 0.25) is 0 Å². The molecule has 0 aliphatic heterocycles. The maximum absolute atomic E-state index is 14.1. The van der Waals surface area contributed by atoms with Crippen LogP contribution in [0.15, 0.2) is 12.1 Å². The average molecular weight is 238 g/mol. The van der Waals surface area contributed by atoms with Gasteiger partial charge in [0.15, 0.2) is 0 Å². The van der Waals surface area contributed by atoms with Gasteiger partial charge in [-0.1, -0.05) is 13.0 Å². The Morgan fingerprint density at radius 1 is 1.29 bits per heavy atom. The monoisotopic (exact) mass is 238 g/mol. The number of benzene rings is 1. The van der Waals surface area contributed by atoms with Crippen LogP contribution in [0.25, 0.3) is 0 Å². The lowest BCUT2D eigenvalue weighted by Gasteiger charge is -2.24. The highest BCUT2D eigenvalue weighted by Gasteiger charge is 2.18. The first kappa shape index (κ1) is 14.1. The Balaban J connectivity index is 3.08. The minimum atomic E-state index is -0.102. The molecule has 0 saturated carbocycles. The molecule has 1 unspecified atom stereocenters. The number of nitrogens with zero attached hydrogens (tertiary/aromatic N) is 1. The van der Waals surface area contributed by atoms with Crippen molar-refractivity contribution >= 4 is 0 Å². The number of rotatable bonds is 5. The zero-order chi connectivity index (χ0) is 13.0. The third-order valence-corrected chi connectivity index (χ3v) is 2.83. The number of hydrogen-bond donors (Lipinski definition) is 1. The van der Waals surface area contributed by atoms with Crippen LogP contribution in [0.1, 0.15) is 29.7 Å². The maximum atomic E-state index is 14.1. The largest absolute Gasteiger partial charge is 0.309 e. The number of likely N-dealkylation sites (N-methyl/N-ethyl adjacent to an activating group) is 2. The van der Waals surface area contributed by atoms with E-state index in [1.165, 1.54) is 0 Å². The normalized spacial score (nSPS) is 13.1. The lowest BCUT2D eigenvalue weighted by molar-refractivity contribution is 0.339. The molecule has 1 aromatic rings. The second kappa shape index (κ2) is 6.12. The van der Waals surface area contributed by atoms with Gasteiger partial charge in [-0.15, -0.1) is 0 Å². The first-order chi connectivity index (χ1) is 7.95. The van der Waals surface area contributed by atoms with E-state index in [4.69, 9.17) is 0 Å². The summed E-state index contributed by atoms with van der Waals surface area (Å²) in [7, 11) is 4.01. The fraction of sp³-hybridized carbons (Fsp3) is 0.571. The van der Waals surface area contributed by atoms with E-state index >= 15 is 0 Å². The average Bonchev–Trinajstić information content (AvgIpc) is 2.14. The Kier molecular flexibility index (Phi) is 5.09. The van der Waals surface area contributed by atoms with Gasteiger partial charge in [0.05, 0.1) is 0 Å². The Morgan fingerprint density at radius 2 is 1.94 bits per heavy atom. The van der Waals surface area contributed by atoms with Crippen molar-refractivity contribution in [1.82, 2.24) is 10.2 Å². The second-order valence-electron chi connectivity index (χ2n) is 4.85. The van der Waals surface area contributed by atoms with E-state index in [2.05, 4.69) is 10.2 Å². The minimum absolute atomic E-state index is 0.0515. The van der Waals surface area contributed by atoms with E-state index in [1.807, 2.05) is 40.9 Å². The van der Waals surface area contributed by atoms with Crippen LogP contribution in [-0.2, 0) is 0 Å². The summed E-state index contributed by atoms with van der Waals surface area (Å²) >= 11 is 0.